The van der Waals surface area contributed by atoms with E-state index >= 15 is 0 Å². The molecule has 0 radical (unpaired) electrons. The molecule has 0 unspecified atom stereocenters. The number of aromatic nitrogens is 4. The number of benzene rings is 1. The fourth-order valence-electron chi connectivity index (χ4n) is 1.50. The Morgan fingerprint density at radius 2 is 2.28 bits per heavy atom. The molecule has 92 valence electrons. The van der Waals surface area contributed by atoms with Crippen LogP contribution in [0, 0.1) is 6.92 Å². The smallest absolute Gasteiger partial charge is 0.162 e. The van der Waals surface area contributed by atoms with E-state index in [0.29, 0.717) is 16.9 Å². The van der Waals surface area contributed by atoms with Crippen molar-refractivity contribution in [1.82, 2.24) is 20.2 Å². The number of aliphatic carboxylic acids is 1. The van der Waals surface area contributed by atoms with Crippen molar-refractivity contribution in [2.24, 2.45) is 0 Å². The maximum atomic E-state index is 10.4. The van der Waals surface area contributed by atoms with Gasteiger partial charge in [0.2, 0.25) is 0 Å². The summed E-state index contributed by atoms with van der Waals surface area (Å²) in [6, 6.07) is 3.46. The lowest BCUT2D eigenvalue weighted by atomic mass is 10.1. The lowest BCUT2D eigenvalue weighted by Gasteiger charge is -2.08. The summed E-state index contributed by atoms with van der Waals surface area (Å²) in [5.41, 5.74) is 8.36. The van der Waals surface area contributed by atoms with E-state index < -0.39 is 5.97 Å². The lowest BCUT2D eigenvalue weighted by Crippen LogP contribution is -2.18. The molecule has 0 aliphatic carbocycles. The molecule has 0 fully saturated rings. The molecule has 2 N–H and O–H groups in total. The first-order chi connectivity index (χ1) is 8.58. The molecule has 0 bridgehead atoms. The minimum atomic E-state index is -1.28. The van der Waals surface area contributed by atoms with Crippen molar-refractivity contribution >= 4 is 17.7 Å². The van der Waals surface area contributed by atoms with Gasteiger partial charge in [0.25, 0.3) is 0 Å². The third kappa shape index (κ3) is 2.34. The van der Waals surface area contributed by atoms with E-state index in [0.717, 1.165) is 11.6 Å². The summed E-state index contributed by atoms with van der Waals surface area (Å²) in [7, 11) is 0. The molecule has 18 heavy (non-hydrogen) atoms. The van der Waals surface area contributed by atoms with Gasteiger partial charge in [-0.3, -0.25) is 0 Å². The van der Waals surface area contributed by atoms with Crippen molar-refractivity contribution < 1.29 is 9.90 Å². The van der Waals surface area contributed by atoms with Gasteiger partial charge in [-0.2, -0.15) is 0 Å². The Hall–Kier alpha value is -2.70. The van der Waals surface area contributed by atoms with Crippen molar-refractivity contribution in [2.45, 2.75) is 6.92 Å². The number of aryl methyl sites for hydroxylation is 1. The third-order valence-corrected chi connectivity index (χ3v) is 2.38. The summed E-state index contributed by atoms with van der Waals surface area (Å²) in [4.78, 5) is 11.7. The van der Waals surface area contributed by atoms with E-state index in [2.05, 4.69) is 15.4 Å². The maximum absolute atomic E-state index is 10.4. The second-order valence-corrected chi connectivity index (χ2v) is 3.64. The van der Waals surface area contributed by atoms with Crippen LogP contribution >= 0.6 is 0 Å². The molecule has 1 heterocycles. The van der Waals surface area contributed by atoms with Crippen LogP contribution in [0.1, 0.15) is 11.1 Å². The van der Waals surface area contributed by atoms with E-state index in [4.69, 9.17) is 5.73 Å². The average Bonchev–Trinajstić information content (AvgIpc) is 2.84. The van der Waals surface area contributed by atoms with Gasteiger partial charge in [-0.15, -0.1) is 15.0 Å². The van der Waals surface area contributed by atoms with Gasteiger partial charge in [0.1, 0.15) is 0 Å². The highest BCUT2D eigenvalue weighted by atomic mass is 16.4. The molecular weight excluding hydrogens is 234 g/mol. The number of nitrogen functional groups attached to an aromatic ring is 1. The van der Waals surface area contributed by atoms with Gasteiger partial charge < -0.3 is 15.6 Å². The predicted octanol–water partition coefficient (Wildman–Crippen LogP) is -0.684. The van der Waals surface area contributed by atoms with Crippen LogP contribution in [0.5, 0.6) is 0 Å². The molecular formula is C11H10N5O2-. The average molecular weight is 244 g/mol. The van der Waals surface area contributed by atoms with Crippen LogP contribution < -0.4 is 10.8 Å². The normalized spacial score (nSPS) is 10.9. The van der Waals surface area contributed by atoms with Crippen LogP contribution in [0.25, 0.3) is 11.8 Å². The number of nitrogens with two attached hydrogens (primary N) is 1. The monoisotopic (exact) mass is 244 g/mol. The first-order valence-corrected chi connectivity index (χ1v) is 5.10. The van der Waals surface area contributed by atoms with E-state index in [-0.39, 0.29) is 0 Å². The molecule has 0 saturated carbocycles. The number of nitrogens with zero attached hydrogens (tertiary/aromatic N) is 4. The molecule has 0 atom stereocenters. The number of rotatable bonds is 3. The Labute approximate surface area is 103 Å². The molecule has 2 aromatic rings. The highest BCUT2D eigenvalue weighted by Gasteiger charge is 2.06. The highest BCUT2D eigenvalue weighted by Crippen LogP contribution is 2.22. The summed E-state index contributed by atoms with van der Waals surface area (Å²) in [5.74, 6) is -1.28. The van der Waals surface area contributed by atoms with Crippen LogP contribution in [0.2, 0.25) is 0 Å². The van der Waals surface area contributed by atoms with Crippen molar-refractivity contribution in [3.8, 4) is 5.69 Å². The summed E-state index contributed by atoms with van der Waals surface area (Å²) in [6.07, 6.45) is 3.60. The Morgan fingerprint density at radius 1 is 1.50 bits per heavy atom. The van der Waals surface area contributed by atoms with Crippen LogP contribution in [0.15, 0.2) is 24.5 Å². The fraction of sp³-hybridized carbons (Fsp3) is 0.0909. The van der Waals surface area contributed by atoms with Gasteiger partial charge in [0, 0.05) is 5.69 Å². The Balaban J connectivity index is 2.50. The topological polar surface area (TPSA) is 110 Å². The SMILES string of the molecule is Cc1cc(-n2ncnn2)cc(/C=C/C(=O)[O-])c1N. The Bertz CT molecular complexity index is 604. The number of tetrazole rings is 1. The third-order valence-electron chi connectivity index (χ3n) is 2.38. The molecule has 0 aliphatic heterocycles. The molecule has 0 aliphatic rings. The van der Waals surface area contributed by atoms with Crippen LogP contribution in [-0.2, 0) is 4.79 Å². The highest BCUT2D eigenvalue weighted by molar-refractivity contribution is 5.85. The van der Waals surface area contributed by atoms with Gasteiger partial charge in [-0.1, -0.05) is 6.08 Å². The minimum Gasteiger partial charge on any atom is -0.545 e. The van der Waals surface area contributed by atoms with Gasteiger partial charge in [-0.25, -0.2) is 0 Å². The standard InChI is InChI=1S/C11H11N5O2/c1-7-4-9(16-14-6-13-15-16)5-8(11(7)12)2-3-10(17)18/h2-6H,12H2,1H3,(H,17,18)/p-1/b3-2+. The fourth-order valence-corrected chi connectivity index (χ4v) is 1.50. The van der Waals surface area contributed by atoms with Crippen LogP contribution in [-0.4, -0.2) is 26.2 Å². The van der Waals surface area contributed by atoms with E-state index in [1.807, 2.05) is 6.92 Å². The zero-order valence-corrected chi connectivity index (χ0v) is 9.57. The van der Waals surface area contributed by atoms with Crippen molar-refractivity contribution in [3.63, 3.8) is 0 Å². The van der Waals surface area contributed by atoms with E-state index in [1.165, 1.54) is 17.2 Å². The van der Waals surface area contributed by atoms with Gasteiger partial charge in [0.15, 0.2) is 6.33 Å². The molecule has 0 saturated heterocycles. The molecule has 7 heteroatoms. The lowest BCUT2D eigenvalue weighted by molar-refractivity contribution is -0.297. The first-order valence-electron chi connectivity index (χ1n) is 5.10. The quantitative estimate of drug-likeness (QED) is 0.565. The number of anilines is 1. The van der Waals surface area contributed by atoms with E-state index in [1.54, 1.807) is 12.1 Å². The van der Waals surface area contributed by atoms with E-state index in [9.17, 15) is 9.90 Å². The van der Waals surface area contributed by atoms with Crippen LogP contribution in [0.3, 0.4) is 0 Å². The first kappa shape index (κ1) is 11.8. The Morgan fingerprint density at radius 3 is 2.89 bits per heavy atom. The summed E-state index contributed by atoms with van der Waals surface area (Å²) < 4.78 is 0. The summed E-state index contributed by atoms with van der Waals surface area (Å²) >= 11 is 0. The van der Waals surface area contributed by atoms with Crippen LogP contribution in [0.4, 0.5) is 5.69 Å². The minimum absolute atomic E-state index is 0.497. The molecule has 1 aromatic heterocycles. The number of carbonyl (C=O) groups is 1. The molecule has 0 spiro atoms. The Kier molecular flexibility index (Phi) is 3.05. The number of carbonyl (C=O) groups excluding carboxylic acids is 1. The second kappa shape index (κ2) is 4.66. The zero-order valence-electron chi connectivity index (χ0n) is 9.57. The van der Waals surface area contributed by atoms with Gasteiger partial charge in [0.05, 0.1) is 11.7 Å². The van der Waals surface area contributed by atoms with Gasteiger partial charge in [-0.05, 0) is 41.5 Å². The number of hydrogen-bond acceptors (Lipinski definition) is 6. The van der Waals surface area contributed by atoms with Crippen molar-refractivity contribution in [1.29, 1.82) is 0 Å². The van der Waals surface area contributed by atoms with Crippen molar-refractivity contribution in [3.05, 3.63) is 35.7 Å². The number of hydrogen-bond donors (Lipinski definition) is 1. The van der Waals surface area contributed by atoms with Crippen molar-refractivity contribution in [2.75, 3.05) is 5.73 Å². The molecule has 2 rings (SSSR count). The number of carboxylic acid groups (broad SMARTS) is 1. The maximum Gasteiger partial charge on any atom is 0.162 e. The number of carboxylic acids is 1. The zero-order chi connectivity index (χ0) is 13.1. The summed E-state index contributed by atoms with van der Waals surface area (Å²) in [5, 5.41) is 21.7. The predicted molar refractivity (Wildman–Crippen MR) is 62.3 cm³/mol. The largest absolute Gasteiger partial charge is 0.545 e. The molecule has 0 amide bonds. The summed E-state index contributed by atoms with van der Waals surface area (Å²) in [6.45, 7) is 1.81. The molecule has 7 nitrogen and oxygen atoms in total. The second-order valence-electron chi connectivity index (χ2n) is 3.64. The molecule has 1 aromatic carbocycles. The van der Waals surface area contributed by atoms with Gasteiger partial charge >= 0.3 is 0 Å².